The van der Waals surface area contributed by atoms with Gasteiger partial charge < -0.3 is 19.7 Å². The number of methoxy groups -OCH3 is 2. The van der Waals surface area contributed by atoms with Crippen molar-refractivity contribution in [2.24, 2.45) is 0 Å². The summed E-state index contributed by atoms with van der Waals surface area (Å²) in [5.41, 5.74) is 0.684. The maximum absolute atomic E-state index is 14.0. The third-order valence-corrected chi connectivity index (χ3v) is 8.91. The highest BCUT2D eigenvalue weighted by molar-refractivity contribution is 7.92. The van der Waals surface area contributed by atoms with Crippen LogP contribution >= 0.6 is 23.2 Å². The smallest absolute Gasteiger partial charge is 0.244 e. The topological polar surface area (TPSA) is 105 Å². The Morgan fingerprint density at radius 3 is 2.20 bits per heavy atom. The van der Waals surface area contributed by atoms with Crippen molar-refractivity contribution in [3.63, 3.8) is 0 Å². The van der Waals surface area contributed by atoms with Crippen LogP contribution in [-0.2, 0) is 26.2 Å². The third kappa shape index (κ3) is 7.95. The fourth-order valence-electron chi connectivity index (χ4n) is 4.91. The van der Waals surface area contributed by atoms with Crippen LogP contribution in [0.3, 0.4) is 0 Å². The zero-order valence-electron chi connectivity index (χ0n) is 23.3. The molecule has 1 N–H and O–H groups in total. The number of sulfonamides is 1. The van der Waals surface area contributed by atoms with Crippen molar-refractivity contribution in [2.45, 2.75) is 64.1 Å². The van der Waals surface area contributed by atoms with Crippen molar-refractivity contribution < 1.29 is 27.5 Å². The van der Waals surface area contributed by atoms with Gasteiger partial charge in [0.15, 0.2) is 11.5 Å². The summed E-state index contributed by atoms with van der Waals surface area (Å²) in [6, 6.07) is 8.74. The standard InChI is InChI=1S/C28H37Cl2N3O6S/c1-5-24(28(35)31-19-10-7-6-8-11-19)32(17-21-22(29)12-9-13-23(21)30)27(34)18-33(40(4,36)37)20-14-15-25(38-2)26(16-20)39-3/h9,12-16,19,24H,5-8,10-11,17-18H2,1-4H3,(H,31,35)/t24-/m0/s1. The average Bonchev–Trinajstić information content (AvgIpc) is 2.92. The number of benzene rings is 2. The summed E-state index contributed by atoms with van der Waals surface area (Å²) in [5.74, 6) is -0.157. The van der Waals surface area contributed by atoms with E-state index in [1.807, 2.05) is 6.92 Å². The lowest BCUT2D eigenvalue weighted by Gasteiger charge is -2.34. The molecule has 0 saturated heterocycles. The van der Waals surface area contributed by atoms with Gasteiger partial charge >= 0.3 is 0 Å². The van der Waals surface area contributed by atoms with E-state index in [1.165, 1.54) is 31.3 Å². The monoisotopic (exact) mass is 613 g/mol. The normalized spacial score (nSPS) is 14.8. The molecular weight excluding hydrogens is 577 g/mol. The first-order valence-electron chi connectivity index (χ1n) is 13.2. The number of hydrogen-bond acceptors (Lipinski definition) is 6. The van der Waals surface area contributed by atoms with E-state index >= 15 is 0 Å². The molecule has 1 aliphatic carbocycles. The molecule has 40 heavy (non-hydrogen) atoms. The van der Waals surface area contributed by atoms with Crippen LogP contribution in [0.5, 0.6) is 11.5 Å². The number of anilines is 1. The van der Waals surface area contributed by atoms with E-state index < -0.39 is 28.5 Å². The first kappa shape index (κ1) is 31.8. The Morgan fingerprint density at radius 1 is 1.02 bits per heavy atom. The van der Waals surface area contributed by atoms with Crippen LogP contribution in [-0.4, -0.2) is 64.2 Å². The molecule has 0 aliphatic heterocycles. The lowest BCUT2D eigenvalue weighted by Crippen LogP contribution is -2.54. The lowest BCUT2D eigenvalue weighted by atomic mass is 9.95. The Hall–Kier alpha value is -2.69. The summed E-state index contributed by atoms with van der Waals surface area (Å²) in [4.78, 5) is 28.9. The minimum absolute atomic E-state index is 0.0374. The number of nitrogens with zero attached hydrogens (tertiary/aromatic N) is 2. The molecule has 0 bridgehead atoms. The Labute approximate surface area is 246 Å². The van der Waals surface area contributed by atoms with Crippen LogP contribution in [0.4, 0.5) is 5.69 Å². The van der Waals surface area contributed by atoms with E-state index in [1.54, 1.807) is 24.3 Å². The van der Waals surface area contributed by atoms with Crippen LogP contribution in [0, 0.1) is 0 Å². The number of carbonyl (C=O) groups excluding carboxylic acids is 2. The van der Waals surface area contributed by atoms with Gasteiger partial charge in [-0.15, -0.1) is 0 Å². The maximum atomic E-state index is 14.0. The zero-order valence-corrected chi connectivity index (χ0v) is 25.6. The highest BCUT2D eigenvalue weighted by atomic mass is 35.5. The van der Waals surface area contributed by atoms with Crippen molar-refractivity contribution in [1.82, 2.24) is 10.2 Å². The van der Waals surface area contributed by atoms with Crippen molar-refractivity contribution >= 4 is 50.7 Å². The van der Waals surface area contributed by atoms with E-state index in [9.17, 15) is 18.0 Å². The Morgan fingerprint density at radius 2 is 1.65 bits per heavy atom. The molecule has 1 atom stereocenters. The second kappa shape index (κ2) is 14.3. The summed E-state index contributed by atoms with van der Waals surface area (Å²) in [5, 5.41) is 3.78. The Bertz CT molecular complexity index is 1280. The number of carbonyl (C=O) groups is 2. The molecule has 12 heteroatoms. The SMILES string of the molecule is CC[C@@H](C(=O)NC1CCCCC1)N(Cc1c(Cl)cccc1Cl)C(=O)CN(c1ccc(OC)c(OC)c1)S(C)(=O)=O. The van der Waals surface area contributed by atoms with Gasteiger partial charge in [0.05, 0.1) is 26.2 Å². The van der Waals surface area contributed by atoms with Gasteiger partial charge in [0, 0.05) is 34.3 Å². The van der Waals surface area contributed by atoms with Gasteiger partial charge in [0.2, 0.25) is 21.8 Å². The van der Waals surface area contributed by atoms with Crippen molar-refractivity contribution in [1.29, 1.82) is 0 Å². The van der Waals surface area contributed by atoms with Crippen molar-refractivity contribution in [3.8, 4) is 11.5 Å². The van der Waals surface area contributed by atoms with E-state index in [2.05, 4.69) is 5.32 Å². The number of ether oxygens (including phenoxy) is 2. The van der Waals surface area contributed by atoms with E-state index in [0.29, 0.717) is 33.5 Å². The quantitative estimate of drug-likeness (QED) is 0.360. The Balaban J connectivity index is 1.99. The number of amides is 2. The first-order valence-corrected chi connectivity index (χ1v) is 15.8. The molecule has 0 aromatic heterocycles. The molecule has 3 rings (SSSR count). The number of halogens is 2. The number of nitrogens with one attached hydrogen (secondary N) is 1. The summed E-state index contributed by atoms with van der Waals surface area (Å²) < 4.78 is 37.4. The van der Waals surface area contributed by atoms with Crippen LogP contribution in [0.15, 0.2) is 36.4 Å². The van der Waals surface area contributed by atoms with Gasteiger partial charge in [-0.25, -0.2) is 8.42 Å². The summed E-state index contributed by atoms with van der Waals surface area (Å²) >= 11 is 12.9. The predicted octanol–water partition coefficient (Wildman–Crippen LogP) is 5.03. The summed E-state index contributed by atoms with van der Waals surface area (Å²) in [6.45, 7) is 1.18. The summed E-state index contributed by atoms with van der Waals surface area (Å²) in [7, 11) is -1.02. The molecule has 1 fully saturated rings. The lowest BCUT2D eigenvalue weighted by molar-refractivity contribution is -0.140. The van der Waals surface area contributed by atoms with E-state index in [0.717, 1.165) is 42.7 Å². The minimum atomic E-state index is -3.92. The third-order valence-electron chi connectivity index (χ3n) is 7.06. The maximum Gasteiger partial charge on any atom is 0.244 e. The molecule has 0 unspecified atom stereocenters. The summed E-state index contributed by atoms with van der Waals surface area (Å²) in [6.07, 6.45) is 6.29. The van der Waals surface area contributed by atoms with Gasteiger partial charge in [-0.1, -0.05) is 55.5 Å². The number of hydrogen-bond donors (Lipinski definition) is 1. The van der Waals surface area contributed by atoms with E-state index in [4.69, 9.17) is 32.7 Å². The number of rotatable bonds is 12. The first-order chi connectivity index (χ1) is 19.0. The molecule has 2 amide bonds. The zero-order chi connectivity index (χ0) is 29.4. The molecule has 0 heterocycles. The average molecular weight is 615 g/mol. The molecule has 0 spiro atoms. The molecule has 220 valence electrons. The van der Waals surface area contributed by atoms with E-state index in [-0.39, 0.29) is 24.2 Å². The highest BCUT2D eigenvalue weighted by Crippen LogP contribution is 2.33. The van der Waals surface area contributed by atoms with Gasteiger partial charge in [-0.3, -0.25) is 13.9 Å². The Kier molecular flexibility index (Phi) is 11.4. The molecule has 9 nitrogen and oxygen atoms in total. The van der Waals surface area contributed by atoms with Crippen LogP contribution in [0.25, 0.3) is 0 Å². The van der Waals surface area contributed by atoms with Crippen LogP contribution in [0.1, 0.15) is 51.0 Å². The van der Waals surface area contributed by atoms with Gasteiger partial charge in [0.1, 0.15) is 12.6 Å². The molecule has 1 aliphatic rings. The molecule has 2 aromatic rings. The second-order valence-electron chi connectivity index (χ2n) is 9.80. The molecule has 2 aromatic carbocycles. The molecule has 1 saturated carbocycles. The molecular formula is C28H37Cl2N3O6S. The van der Waals surface area contributed by atoms with Crippen molar-refractivity contribution in [3.05, 3.63) is 52.0 Å². The van der Waals surface area contributed by atoms with Gasteiger partial charge in [-0.2, -0.15) is 0 Å². The highest BCUT2D eigenvalue weighted by Gasteiger charge is 2.33. The van der Waals surface area contributed by atoms with Gasteiger partial charge in [-0.05, 0) is 43.5 Å². The van der Waals surface area contributed by atoms with Crippen LogP contribution < -0.4 is 19.1 Å². The predicted molar refractivity (Wildman–Crippen MR) is 158 cm³/mol. The second-order valence-corrected chi connectivity index (χ2v) is 12.5. The minimum Gasteiger partial charge on any atom is -0.493 e. The van der Waals surface area contributed by atoms with Gasteiger partial charge in [0.25, 0.3) is 0 Å². The largest absolute Gasteiger partial charge is 0.493 e. The fourth-order valence-corrected chi connectivity index (χ4v) is 6.27. The van der Waals surface area contributed by atoms with Crippen molar-refractivity contribution in [2.75, 3.05) is 31.3 Å². The van der Waals surface area contributed by atoms with Crippen LogP contribution in [0.2, 0.25) is 10.0 Å². The molecule has 0 radical (unpaired) electrons. The fraction of sp³-hybridized carbons (Fsp3) is 0.500.